The molecule has 0 amide bonds. The molecule has 2 heterocycles. The molecule has 3 nitrogen and oxygen atoms in total. The molecule has 1 aromatic carbocycles. The van der Waals surface area contributed by atoms with Crippen LogP contribution in [0.5, 0.6) is 0 Å². The minimum atomic E-state index is 0.375. The third kappa shape index (κ3) is 2.75. The van der Waals surface area contributed by atoms with Gasteiger partial charge in [0.1, 0.15) is 4.99 Å². The first-order chi connectivity index (χ1) is 10.2. The second kappa shape index (κ2) is 5.79. The Labute approximate surface area is 133 Å². The van der Waals surface area contributed by atoms with Crippen molar-refractivity contribution < 1.29 is 0 Å². The van der Waals surface area contributed by atoms with Crippen molar-refractivity contribution in [2.24, 2.45) is 5.73 Å². The van der Waals surface area contributed by atoms with Gasteiger partial charge in [-0.25, -0.2) is 0 Å². The number of thiocarbonyl (C=S) groups is 1. The van der Waals surface area contributed by atoms with Gasteiger partial charge >= 0.3 is 0 Å². The number of para-hydroxylation sites is 1. The summed E-state index contributed by atoms with van der Waals surface area (Å²) in [5.74, 6) is 0. The monoisotopic (exact) mass is 313 g/mol. The minimum Gasteiger partial charge on any atom is -0.389 e. The fourth-order valence-corrected chi connectivity index (χ4v) is 3.26. The minimum absolute atomic E-state index is 0.375. The van der Waals surface area contributed by atoms with Crippen molar-refractivity contribution in [2.75, 3.05) is 11.9 Å². The van der Waals surface area contributed by atoms with Crippen molar-refractivity contribution in [3.63, 3.8) is 0 Å². The number of nitrogens with zero attached hydrogens (tertiary/aromatic N) is 2. The number of aromatic nitrogens is 1. The Balaban J connectivity index is 2.13. The van der Waals surface area contributed by atoms with Gasteiger partial charge in [0.25, 0.3) is 0 Å². The molecule has 0 unspecified atom stereocenters. The summed E-state index contributed by atoms with van der Waals surface area (Å²) in [6, 6.07) is 10.2. The van der Waals surface area contributed by atoms with Crippen molar-refractivity contribution in [3.05, 3.63) is 58.4 Å². The van der Waals surface area contributed by atoms with Gasteiger partial charge in [-0.05, 0) is 28.5 Å². The van der Waals surface area contributed by atoms with E-state index in [0.29, 0.717) is 4.99 Å². The standard InChI is InChI=1S/C16H15N3S2/c1-19(9-11-6-7-21-10-11)15-12-4-2-3-5-14(12)18-8-13(15)16(17)20/h2-8,10H,9H2,1H3,(H2,17,20). The molecule has 3 aromatic rings. The van der Waals surface area contributed by atoms with Crippen molar-refractivity contribution >= 4 is 45.1 Å². The normalized spacial score (nSPS) is 10.7. The first kappa shape index (κ1) is 14.0. The van der Waals surface area contributed by atoms with Crippen LogP contribution in [0.25, 0.3) is 10.9 Å². The Hall–Kier alpha value is -1.98. The SMILES string of the molecule is CN(Cc1ccsc1)c1c(C(N)=S)cnc2ccccc12. The highest BCUT2D eigenvalue weighted by Gasteiger charge is 2.15. The van der Waals surface area contributed by atoms with E-state index in [0.717, 1.165) is 28.7 Å². The first-order valence-corrected chi connectivity index (χ1v) is 7.91. The van der Waals surface area contributed by atoms with Crippen molar-refractivity contribution in [3.8, 4) is 0 Å². The molecule has 0 saturated carbocycles. The highest BCUT2D eigenvalue weighted by molar-refractivity contribution is 7.80. The molecule has 5 heteroatoms. The fourth-order valence-electron chi connectivity index (χ4n) is 2.45. The van der Waals surface area contributed by atoms with Crippen LogP contribution in [0.1, 0.15) is 11.1 Å². The van der Waals surface area contributed by atoms with Crippen LogP contribution in [-0.4, -0.2) is 17.0 Å². The lowest BCUT2D eigenvalue weighted by Crippen LogP contribution is -2.22. The van der Waals surface area contributed by atoms with E-state index >= 15 is 0 Å². The maximum atomic E-state index is 5.88. The number of hydrogen-bond donors (Lipinski definition) is 1. The van der Waals surface area contributed by atoms with E-state index in [2.05, 4.69) is 39.8 Å². The second-order valence-corrected chi connectivity index (χ2v) is 6.11. The second-order valence-electron chi connectivity index (χ2n) is 4.89. The summed E-state index contributed by atoms with van der Waals surface area (Å²) in [5, 5.41) is 5.31. The number of fused-ring (bicyclic) bond motifs is 1. The number of anilines is 1. The Morgan fingerprint density at radius 1 is 1.33 bits per heavy atom. The van der Waals surface area contributed by atoms with Crippen LogP contribution in [0.3, 0.4) is 0 Å². The van der Waals surface area contributed by atoms with E-state index in [1.807, 2.05) is 18.2 Å². The smallest absolute Gasteiger partial charge is 0.107 e. The molecule has 0 aliphatic heterocycles. The molecule has 106 valence electrons. The summed E-state index contributed by atoms with van der Waals surface area (Å²) < 4.78 is 0. The van der Waals surface area contributed by atoms with Crippen LogP contribution in [0, 0.1) is 0 Å². The summed E-state index contributed by atoms with van der Waals surface area (Å²) in [5.41, 5.74) is 9.97. The average Bonchev–Trinajstić information content (AvgIpc) is 2.98. The molecule has 2 aromatic heterocycles. The van der Waals surface area contributed by atoms with Gasteiger partial charge in [-0.1, -0.05) is 30.4 Å². The van der Waals surface area contributed by atoms with E-state index < -0.39 is 0 Å². The summed E-state index contributed by atoms with van der Waals surface area (Å²) in [6.45, 7) is 0.813. The Bertz CT molecular complexity index is 781. The largest absolute Gasteiger partial charge is 0.389 e. The average molecular weight is 313 g/mol. The summed E-state index contributed by atoms with van der Waals surface area (Å²) in [7, 11) is 2.06. The molecule has 0 saturated heterocycles. The molecule has 0 aliphatic carbocycles. The summed E-state index contributed by atoms with van der Waals surface area (Å²) in [6.07, 6.45) is 1.77. The molecule has 0 radical (unpaired) electrons. The fraction of sp³-hybridized carbons (Fsp3) is 0.125. The van der Waals surface area contributed by atoms with Gasteiger partial charge in [0.2, 0.25) is 0 Å². The third-order valence-electron chi connectivity index (χ3n) is 3.39. The summed E-state index contributed by atoms with van der Waals surface area (Å²) in [4.78, 5) is 7.01. The van der Waals surface area contributed by atoms with Gasteiger partial charge in [0.15, 0.2) is 0 Å². The zero-order valence-corrected chi connectivity index (χ0v) is 13.2. The molecule has 2 N–H and O–H groups in total. The number of thiophene rings is 1. The van der Waals surface area contributed by atoms with Gasteiger partial charge in [0.05, 0.1) is 16.8 Å². The Kier molecular flexibility index (Phi) is 3.86. The molecular formula is C16H15N3S2. The lowest BCUT2D eigenvalue weighted by Gasteiger charge is -2.23. The zero-order valence-electron chi connectivity index (χ0n) is 11.6. The number of nitrogens with two attached hydrogens (primary N) is 1. The third-order valence-corrected chi connectivity index (χ3v) is 4.35. The maximum Gasteiger partial charge on any atom is 0.107 e. The molecule has 21 heavy (non-hydrogen) atoms. The maximum absolute atomic E-state index is 5.88. The molecule has 0 fully saturated rings. The van der Waals surface area contributed by atoms with Crippen molar-refractivity contribution in [1.29, 1.82) is 0 Å². The Morgan fingerprint density at radius 3 is 2.86 bits per heavy atom. The van der Waals surface area contributed by atoms with E-state index in [-0.39, 0.29) is 0 Å². The van der Waals surface area contributed by atoms with E-state index in [9.17, 15) is 0 Å². The van der Waals surface area contributed by atoms with E-state index in [4.69, 9.17) is 18.0 Å². The number of hydrogen-bond acceptors (Lipinski definition) is 4. The quantitative estimate of drug-likeness (QED) is 0.748. The van der Waals surface area contributed by atoms with Gasteiger partial charge in [-0.2, -0.15) is 11.3 Å². The molecule has 0 bridgehead atoms. The van der Waals surface area contributed by atoms with E-state index in [1.54, 1.807) is 17.5 Å². The predicted octanol–water partition coefficient (Wildman–Crippen LogP) is 3.57. The molecular weight excluding hydrogens is 298 g/mol. The lowest BCUT2D eigenvalue weighted by molar-refractivity contribution is 0.930. The molecule has 3 rings (SSSR count). The van der Waals surface area contributed by atoms with E-state index in [1.165, 1.54) is 5.56 Å². The molecule has 0 spiro atoms. The van der Waals surface area contributed by atoms with Gasteiger partial charge in [0, 0.05) is 25.2 Å². The van der Waals surface area contributed by atoms with Crippen LogP contribution in [0.2, 0.25) is 0 Å². The lowest BCUT2D eigenvalue weighted by atomic mass is 10.1. The number of pyridine rings is 1. The first-order valence-electron chi connectivity index (χ1n) is 6.56. The van der Waals surface area contributed by atoms with Crippen LogP contribution < -0.4 is 10.6 Å². The molecule has 0 atom stereocenters. The highest BCUT2D eigenvalue weighted by Crippen LogP contribution is 2.30. The van der Waals surface area contributed by atoms with Crippen LogP contribution in [0.15, 0.2) is 47.3 Å². The number of rotatable bonds is 4. The van der Waals surface area contributed by atoms with Gasteiger partial charge < -0.3 is 10.6 Å². The van der Waals surface area contributed by atoms with Crippen LogP contribution >= 0.6 is 23.6 Å². The molecule has 0 aliphatic rings. The number of benzene rings is 1. The van der Waals surface area contributed by atoms with Crippen LogP contribution in [-0.2, 0) is 6.54 Å². The van der Waals surface area contributed by atoms with Crippen molar-refractivity contribution in [2.45, 2.75) is 6.54 Å². The van der Waals surface area contributed by atoms with Gasteiger partial charge in [-0.3, -0.25) is 4.98 Å². The Morgan fingerprint density at radius 2 is 2.14 bits per heavy atom. The topological polar surface area (TPSA) is 42.1 Å². The van der Waals surface area contributed by atoms with Gasteiger partial charge in [-0.15, -0.1) is 0 Å². The zero-order chi connectivity index (χ0) is 14.8. The highest BCUT2D eigenvalue weighted by atomic mass is 32.1. The van der Waals surface area contributed by atoms with Crippen molar-refractivity contribution in [1.82, 2.24) is 4.98 Å². The van der Waals surface area contributed by atoms with Crippen LogP contribution in [0.4, 0.5) is 5.69 Å². The predicted molar refractivity (Wildman–Crippen MR) is 94.1 cm³/mol. The summed E-state index contributed by atoms with van der Waals surface area (Å²) >= 11 is 6.89.